The lowest BCUT2D eigenvalue weighted by atomic mass is 10.1. The van der Waals surface area contributed by atoms with Gasteiger partial charge in [0.2, 0.25) is 5.09 Å². The summed E-state index contributed by atoms with van der Waals surface area (Å²) in [7, 11) is -1.15. The van der Waals surface area contributed by atoms with Crippen LogP contribution in [-0.2, 0) is 21.2 Å². The Bertz CT molecular complexity index is 858. The van der Waals surface area contributed by atoms with E-state index in [1.54, 1.807) is 30.3 Å². The molecule has 0 fully saturated rings. The highest BCUT2D eigenvalue weighted by Gasteiger charge is 2.26. The quantitative estimate of drug-likeness (QED) is 0.754. The largest absolute Gasteiger partial charge is 0.480 e. The van der Waals surface area contributed by atoms with Crippen molar-refractivity contribution in [2.45, 2.75) is 17.6 Å². The van der Waals surface area contributed by atoms with Crippen LogP contribution < -0.4 is 5.32 Å². The molecule has 0 aliphatic heterocycles. The Morgan fingerprint density at radius 1 is 1.24 bits per heavy atom. The van der Waals surface area contributed by atoms with Crippen molar-refractivity contribution in [3.8, 4) is 0 Å². The molecule has 9 heteroatoms. The van der Waals surface area contributed by atoms with E-state index in [0.717, 1.165) is 22.2 Å². The Kier molecular flexibility index (Phi) is 5.60. The van der Waals surface area contributed by atoms with Gasteiger partial charge in [0, 0.05) is 26.6 Å². The van der Waals surface area contributed by atoms with Crippen LogP contribution in [0.1, 0.15) is 15.9 Å². The molecule has 25 heavy (non-hydrogen) atoms. The predicted octanol–water partition coefficient (Wildman–Crippen LogP) is 0.956. The zero-order chi connectivity index (χ0) is 18.6. The topological polar surface area (TPSA) is 117 Å². The molecule has 2 aromatic rings. The molecule has 8 nitrogen and oxygen atoms in total. The number of aliphatic carboxylic acids is 1. The first-order valence-electron chi connectivity index (χ1n) is 7.30. The van der Waals surface area contributed by atoms with Crippen LogP contribution >= 0.6 is 0 Å². The highest BCUT2D eigenvalue weighted by molar-refractivity contribution is 7.88. The number of hydrogen-bond acceptors (Lipinski definition) is 5. The van der Waals surface area contributed by atoms with E-state index in [4.69, 9.17) is 4.42 Å². The summed E-state index contributed by atoms with van der Waals surface area (Å²) in [5.41, 5.74) is 0.679. The van der Waals surface area contributed by atoms with Gasteiger partial charge in [-0.1, -0.05) is 30.3 Å². The number of hydrogen-bond donors (Lipinski definition) is 2. The van der Waals surface area contributed by atoms with Crippen molar-refractivity contribution in [2.75, 3.05) is 14.1 Å². The van der Waals surface area contributed by atoms with Crippen molar-refractivity contribution in [3.05, 3.63) is 53.8 Å². The lowest BCUT2D eigenvalue weighted by molar-refractivity contribution is -0.139. The van der Waals surface area contributed by atoms with Crippen molar-refractivity contribution in [1.29, 1.82) is 0 Å². The van der Waals surface area contributed by atoms with E-state index in [1.165, 1.54) is 14.1 Å². The second kappa shape index (κ2) is 7.49. The highest BCUT2D eigenvalue weighted by Crippen LogP contribution is 2.17. The molecule has 1 aromatic heterocycles. The second-order valence-electron chi connectivity index (χ2n) is 5.50. The van der Waals surface area contributed by atoms with Crippen molar-refractivity contribution in [3.63, 3.8) is 0 Å². The molecule has 134 valence electrons. The fourth-order valence-corrected chi connectivity index (χ4v) is 2.85. The number of amides is 1. The van der Waals surface area contributed by atoms with Gasteiger partial charge in [-0.3, -0.25) is 4.79 Å². The lowest BCUT2D eigenvalue weighted by Crippen LogP contribution is -2.42. The Morgan fingerprint density at radius 3 is 2.44 bits per heavy atom. The van der Waals surface area contributed by atoms with Gasteiger partial charge < -0.3 is 14.8 Å². The minimum absolute atomic E-state index is 0.0697. The number of nitrogens with zero attached hydrogens (tertiary/aromatic N) is 1. The molecule has 0 radical (unpaired) electrons. The summed E-state index contributed by atoms with van der Waals surface area (Å²) in [6, 6.07) is 8.75. The zero-order valence-corrected chi connectivity index (χ0v) is 14.5. The van der Waals surface area contributed by atoms with E-state index >= 15 is 0 Å². The van der Waals surface area contributed by atoms with E-state index in [1.807, 2.05) is 0 Å². The molecular weight excluding hydrogens is 348 g/mol. The Hall–Kier alpha value is -2.65. The number of carboxylic acids is 1. The molecule has 0 bridgehead atoms. The summed E-state index contributed by atoms with van der Waals surface area (Å²) in [5.74, 6) is -1.92. The number of carboxylic acid groups (broad SMARTS) is 1. The summed E-state index contributed by atoms with van der Waals surface area (Å²) in [5, 5.41) is 11.3. The molecule has 0 aliphatic carbocycles. The number of carbonyl (C=O) groups excluding carboxylic acids is 1. The molecule has 0 unspecified atom stereocenters. The molecule has 1 heterocycles. The average molecular weight is 366 g/mol. The smallest absolute Gasteiger partial charge is 0.326 e. The first kappa shape index (κ1) is 18.7. The molecule has 0 saturated carbocycles. The average Bonchev–Trinajstić information content (AvgIpc) is 3.05. The van der Waals surface area contributed by atoms with E-state index in [0.29, 0.717) is 0 Å². The number of carbonyl (C=O) groups is 2. The molecule has 0 aliphatic rings. The SMILES string of the molecule is CN(C)S(=O)(=O)c1cc(C(=O)N[C@H](Cc2ccccc2)C(=O)O)co1. The van der Waals surface area contributed by atoms with E-state index in [2.05, 4.69) is 5.32 Å². The highest BCUT2D eigenvalue weighted by atomic mass is 32.2. The third kappa shape index (κ3) is 4.46. The van der Waals surface area contributed by atoms with Crippen LogP contribution in [0.2, 0.25) is 0 Å². The maximum atomic E-state index is 12.2. The van der Waals surface area contributed by atoms with Crippen LogP contribution in [0.25, 0.3) is 0 Å². The van der Waals surface area contributed by atoms with E-state index in [9.17, 15) is 23.1 Å². The summed E-state index contributed by atoms with van der Waals surface area (Å²) in [6.45, 7) is 0. The Morgan fingerprint density at radius 2 is 1.88 bits per heavy atom. The van der Waals surface area contributed by atoms with Gasteiger partial charge in [0.05, 0.1) is 5.56 Å². The summed E-state index contributed by atoms with van der Waals surface area (Å²) in [6.07, 6.45) is 1.08. The van der Waals surface area contributed by atoms with Crippen LogP contribution in [-0.4, -0.2) is 49.8 Å². The van der Waals surface area contributed by atoms with Gasteiger partial charge in [0.15, 0.2) is 0 Å². The van der Waals surface area contributed by atoms with Gasteiger partial charge in [-0.05, 0) is 5.56 Å². The molecular formula is C16H18N2O6S. The van der Waals surface area contributed by atoms with Crippen molar-refractivity contribution < 1.29 is 27.5 Å². The minimum atomic E-state index is -3.81. The van der Waals surface area contributed by atoms with Gasteiger partial charge >= 0.3 is 5.97 Å². The van der Waals surface area contributed by atoms with Gasteiger partial charge in [0.1, 0.15) is 12.3 Å². The molecule has 0 saturated heterocycles. The molecule has 1 amide bonds. The summed E-state index contributed by atoms with van der Waals surface area (Å²) in [4.78, 5) is 23.6. The number of rotatable bonds is 7. The monoisotopic (exact) mass is 366 g/mol. The van der Waals surface area contributed by atoms with Gasteiger partial charge in [-0.15, -0.1) is 0 Å². The van der Waals surface area contributed by atoms with Crippen LogP contribution in [0.15, 0.2) is 52.2 Å². The molecule has 0 spiro atoms. The second-order valence-corrected chi connectivity index (χ2v) is 7.58. The maximum absolute atomic E-state index is 12.2. The van der Waals surface area contributed by atoms with Gasteiger partial charge in [0.25, 0.3) is 15.9 Å². The first-order chi connectivity index (χ1) is 11.7. The Labute approximate surface area is 145 Å². The van der Waals surface area contributed by atoms with E-state index in [-0.39, 0.29) is 12.0 Å². The third-order valence-corrected chi connectivity index (χ3v) is 5.14. The fraction of sp³-hybridized carbons (Fsp3) is 0.250. The van der Waals surface area contributed by atoms with Crippen LogP contribution in [0.3, 0.4) is 0 Å². The van der Waals surface area contributed by atoms with E-state index < -0.39 is 33.0 Å². The Balaban J connectivity index is 2.14. The minimum Gasteiger partial charge on any atom is -0.480 e. The number of furan rings is 1. The van der Waals surface area contributed by atoms with Crippen molar-refractivity contribution in [2.24, 2.45) is 0 Å². The maximum Gasteiger partial charge on any atom is 0.326 e. The molecule has 1 atom stereocenters. The van der Waals surface area contributed by atoms with Crippen LogP contribution in [0, 0.1) is 0 Å². The van der Waals surface area contributed by atoms with Crippen molar-refractivity contribution in [1.82, 2.24) is 9.62 Å². The third-order valence-electron chi connectivity index (χ3n) is 3.46. The van der Waals surface area contributed by atoms with Crippen molar-refractivity contribution >= 4 is 21.9 Å². The standard InChI is InChI=1S/C16H18N2O6S/c1-18(2)25(22,23)14-9-12(10-24-14)15(19)17-13(16(20)21)8-11-6-4-3-5-7-11/h3-7,9-10,13H,8H2,1-2H3,(H,17,19)(H,20,21)/t13-/m1/s1. The summed E-state index contributed by atoms with van der Waals surface area (Å²) >= 11 is 0. The summed E-state index contributed by atoms with van der Waals surface area (Å²) < 4.78 is 29.8. The van der Waals surface area contributed by atoms with Crippen LogP contribution in [0.5, 0.6) is 0 Å². The predicted molar refractivity (Wildman–Crippen MR) is 88.6 cm³/mol. The normalized spacial score (nSPS) is 12.8. The number of benzene rings is 1. The number of nitrogens with one attached hydrogen (secondary N) is 1. The lowest BCUT2D eigenvalue weighted by Gasteiger charge is -2.14. The molecule has 2 N–H and O–H groups in total. The molecule has 2 rings (SSSR count). The zero-order valence-electron chi connectivity index (χ0n) is 13.7. The molecule has 1 aromatic carbocycles. The first-order valence-corrected chi connectivity index (χ1v) is 8.74. The van der Waals surface area contributed by atoms with Gasteiger partial charge in [-0.25, -0.2) is 17.5 Å². The fourth-order valence-electron chi connectivity index (χ4n) is 2.04. The van der Waals surface area contributed by atoms with Crippen LogP contribution in [0.4, 0.5) is 0 Å². The number of sulfonamides is 1. The van der Waals surface area contributed by atoms with Gasteiger partial charge in [-0.2, -0.15) is 0 Å².